The van der Waals surface area contributed by atoms with Crippen molar-refractivity contribution in [2.24, 2.45) is 10.7 Å². The predicted octanol–water partition coefficient (Wildman–Crippen LogP) is 5.74. The number of alkyl halides is 4. The number of nitrogens with zero attached hydrogens (tertiary/aromatic N) is 3. The number of guanidine groups is 1. The van der Waals surface area contributed by atoms with Crippen molar-refractivity contribution in [3.63, 3.8) is 0 Å². The molecule has 1 unspecified atom stereocenters. The van der Waals surface area contributed by atoms with E-state index < -0.39 is 18.6 Å². The van der Waals surface area contributed by atoms with E-state index in [0.29, 0.717) is 28.9 Å². The molecule has 3 aliphatic heterocycles. The number of likely N-dealkylation sites (tertiary alicyclic amines) is 1. The molecule has 0 saturated carbocycles. The molecule has 2 saturated heterocycles. The monoisotopic (exact) mass is 536 g/mol. The van der Waals surface area contributed by atoms with Gasteiger partial charge in [0.25, 0.3) is 11.8 Å². The minimum atomic E-state index is -2.89. The van der Waals surface area contributed by atoms with Crippen molar-refractivity contribution >= 4 is 17.6 Å². The van der Waals surface area contributed by atoms with E-state index in [1.54, 1.807) is 25.1 Å². The number of hydrogen-bond acceptors (Lipinski definition) is 6. The second-order valence-electron chi connectivity index (χ2n) is 10.4. The topological polar surface area (TPSA) is 91.4 Å². The van der Waals surface area contributed by atoms with Crippen molar-refractivity contribution < 1.29 is 32.2 Å². The summed E-state index contributed by atoms with van der Waals surface area (Å²) in [7, 11) is 0. The molecule has 1 amide bonds. The maximum absolute atomic E-state index is 14.5. The van der Waals surface area contributed by atoms with Gasteiger partial charge in [0.1, 0.15) is 17.5 Å². The predicted molar refractivity (Wildman–Crippen MR) is 135 cm³/mol. The highest BCUT2D eigenvalue weighted by atomic mass is 19.3. The summed E-state index contributed by atoms with van der Waals surface area (Å²) in [6.45, 7) is 3.79. The average Bonchev–Trinajstić information content (AvgIpc) is 3.17. The van der Waals surface area contributed by atoms with E-state index in [-0.39, 0.29) is 41.9 Å². The Morgan fingerprint density at radius 3 is 2.53 bits per heavy atom. The molecule has 11 heteroatoms. The number of hydrogen-bond donors (Lipinski definition) is 2. The molecule has 0 aromatic heterocycles. The average molecular weight is 537 g/mol. The van der Waals surface area contributed by atoms with Crippen molar-refractivity contribution in [3.8, 4) is 11.5 Å². The lowest BCUT2D eigenvalue weighted by atomic mass is 9.89. The molecule has 1 atom stereocenters. The van der Waals surface area contributed by atoms with Gasteiger partial charge in [0, 0.05) is 42.2 Å². The fraction of sp³-hybridized carbons (Fsp3) is 0.481. The third kappa shape index (κ3) is 5.51. The molecule has 0 aliphatic carbocycles. The van der Waals surface area contributed by atoms with Crippen LogP contribution in [0, 0.1) is 6.92 Å². The number of ether oxygens (including phenoxy) is 1. The maximum Gasteiger partial charge on any atom is 0.387 e. The summed E-state index contributed by atoms with van der Waals surface area (Å²) in [5.74, 6) is -2.95. The summed E-state index contributed by atoms with van der Waals surface area (Å²) in [5.41, 5.74) is 7.53. The summed E-state index contributed by atoms with van der Waals surface area (Å²) < 4.78 is 56.3. The van der Waals surface area contributed by atoms with Crippen molar-refractivity contribution in [1.82, 2.24) is 9.80 Å². The van der Waals surface area contributed by atoms with E-state index in [4.69, 9.17) is 10.8 Å². The summed E-state index contributed by atoms with van der Waals surface area (Å²) in [4.78, 5) is 20.7. The Bertz CT molecular complexity index is 1230. The fourth-order valence-electron chi connectivity index (χ4n) is 5.16. The first-order valence-electron chi connectivity index (χ1n) is 12.5. The van der Waals surface area contributed by atoms with Crippen LogP contribution in [0.2, 0.25) is 0 Å². The van der Waals surface area contributed by atoms with Gasteiger partial charge in [-0.05, 0) is 69.9 Å². The third-order valence-corrected chi connectivity index (χ3v) is 7.30. The van der Waals surface area contributed by atoms with Crippen molar-refractivity contribution in [1.29, 1.82) is 0 Å². The zero-order valence-electron chi connectivity index (χ0n) is 21.6. The SMILES string of the molecule is CC1(C)CCCCN1C(=O)c1ccc2c(c1)C1N(CCC1(F)F)C(N)=N2.Cc1ccc(OC(F)F)cc1O. The summed E-state index contributed by atoms with van der Waals surface area (Å²) in [6, 6.07) is 7.80. The van der Waals surface area contributed by atoms with E-state index >= 15 is 0 Å². The Hall–Kier alpha value is -3.50. The Morgan fingerprint density at radius 1 is 1.13 bits per heavy atom. The van der Waals surface area contributed by atoms with Gasteiger partial charge in [0.05, 0.1) is 5.69 Å². The fourth-order valence-corrected chi connectivity index (χ4v) is 5.16. The summed E-state index contributed by atoms with van der Waals surface area (Å²) in [5, 5.41) is 9.09. The summed E-state index contributed by atoms with van der Waals surface area (Å²) in [6.07, 6.45) is 2.75. The number of piperidine rings is 1. The van der Waals surface area contributed by atoms with Gasteiger partial charge < -0.3 is 25.4 Å². The lowest BCUT2D eigenvalue weighted by molar-refractivity contribution is -0.0499. The van der Waals surface area contributed by atoms with E-state index in [2.05, 4.69) is 23.6 Å². The first kappa shape index (κ1) is 27.5. The molecule has 0 radical (unpaired) electrons. The highest BCUT2D eigenvalue weighted by Crippen LogP contribution is 2.49. The Kier molecular flexibility index (Phi) is 7.49. The Morgan fingerprint density at radius 2 is 1.87 bits per heavy atom. The molecule has 3 N–H and O–H groups in total. The number of amides is 1. The van der Waals surface area contributed by atoms with Crippen LogP contribution in [0.15, 0.2) is 41.4 Å². The number of benzene rings is 2. The van der Waals surface area contributed by atoms with E-state index in [1.807, 2.05) is 4.90 Å². The molecule has 206 valence electrons. The number of nitrogens with two attached hydrogens (primary N) is 1. The molecule has 7 nitrogen and oxygen atoms in total. The quantitative estimate of drug-likeness (QED) is 0.489. The molecule has 5 rings (SSSR count). The van der Waals surface area contributed by atoms with Crippen molar-refractivity contribution in [3.05, 3.63) is 53.1 Å². The molecule has 38 heavy (non-hydrogen) atoms. The number of aliphatic imine (C=N–C) groups is 1. The van der Waals surface area contributed by atoms with E-state index in [1.165, 1.54) is 17.0 Å². The van der Waals surface area contributed by atoms with Gasteiger partial charge in [-0.25, -0.2) is 13.8 Å². The molecule has 0 bridgehead atoms. The second kappa shape index (κ2) is 10.3. The first-order chi connectivity index (χ1) is 17.8. The Balaban J connectivity index is 0.000000236. The van der Waals surface area contributed by atoms with Crippen LogP contribution in [-0.2, 0) is 0 Å². The van der Waals surface area contributed by atoms with Crippen molar-refractivity contribution in [2.45, 2.75) is 70.6 Å². The van der Waals surface area contributed by atoms with Crippen LogP contribution in [0.3, 0.4) is 0 Å². The smallest absolute Gasteiger partial charge is 0.387 e. The summed E-state index contributed by atoms with van der Waals surface area (Å²) >= 11 is 0. The highest BCUT2D eigenvalue weighted by Gasteiger charge is 2.53. The molecule has 3 aliphatic rings. The molecule has 0 spiro atoms. The van der Waals surface area contributed by atoms with Crippen LogP contribution in [-0.4, -0.2) is 57.9 Å². The number of phenolic OH excluding ortho intramolecular Hbond substituents is 1. The number of halogens is 4. The van der Waals surface area contributed by atoms with Gasteiger partial charge in [-0.15, -0.1) is 0 Å². The molecular formula is C27H32F4N4O3. The maximum atomic E-state index is 14.5. The standard InChI is InChI=1S/C19H24F2N4O.C8H8F2O2/c1-18(2)7-3-4-9-25(18)16(26)12-5-6-14-13(11-12)15-19(20,21)8-10-24(15)17(22)23-14;1-5-2-3-6(4-7(5)11)12-8(9)10/h5-6,11,15H,3-4,7-10H2,1-2H3,(H2,22,23);2-4,8,11H,1H3. The minimum Gasteiger partial charge on any atom is -0.508 e. The van der Waals surface area contributed by atoms with Gasteiger partial charge >= 0.3 is 6.61 Å². The largest absolute Gasteiger partial charge is 0.508 e. The molecular weight excluding hydrogens is 504 g/mol. The van der Waals surface area contributed by atoms with Crippen LogP contribution < -0.4 is 10.5 Å². The Labute approximate surface area is 218 Å². The lowest BCUT2D eigenvalue weighted by Gasteiger charge is -2.42. The van der Waals surface area contributed by atoms with E-state index in [0.717, 1.165) is 25.3 Å². The van der Waals surface area contributed by atoms with Gasteiger partial charge in [-0.2, -0.15) is 8.78 Å². The molecule has 2 aromatic carbocycles. The van der Waals surface area contributed by atoms with Crippen LogP contribution >= 0.6 is 0 Å². The van der Waals surface area contributed by atoms with Gasteiger partial charge in [0.2, 0.25) is 0 Å². The normalized spacial score (nSPS) is 21.2. The number of rotatable bonds is 3. The van der Waals surface area contributed by atoms with Crippen LogP contribution in [0.5, 0.6) is 11.5 Å². The van der Waals surface area contributed by atoms with Gasteiger partial charge in [-0.3, -0.25) is 4.79 Å². The third-order valence-electron chi connectivity index (χ3n) is 7.30. The number of phenols is 1. The van der Waals surface area contributed by atoms with E-state index in [9.17, 15) is 22.4 Å². The number of aromatic hydroxyl groups is 1. The van der Waals surface area contributed by atoms with Crippen LogP contribution in [0.1, 0.15) is 67.1 Å². The second-order valence-corrected chi connectivity index (χ2v) is 10.4. The zero-order valence-corrected chi connectivity index (χ0v) is 21.6. The zero-order chi connectivity index (χ0) is 27.8. The molecule has 3 heterocycles. The molecule has 2 fully saturated rings. The number of carbonyl (C=O) groups excluding carboxylic acids is 1. The first-order valence-corrected chi connectivity index (χ1v) is 12.5. The van der Waals surface area contributed by atoms with Crippen LogP contribution in [0.4, 0.5) is 23.2 Å². The number of fused-ring (bicyclic) bond motifs is 3. The highest BCUT2D eigenvalue weighted by molar-refractivity contribution is 5.96. The van der Waals surface area contributed by atoms with Gasteiger partial charge in [-0.1, -0.05) is 6.07 Å². The van der Waals surface area contributed by atoms with Crippen molar-refractivity contribution in [2.75, 3.05) is 13.1 Å². The number of carbonyl (C=O) groups is 1. The van der Waals surface area contributed by atoms with Gasteiger partial charge in [0.15, 0.2) is 5.96 Å². The molecule has 2 aromatic rings. The van der Waals surface area contributed by atoms with Crippen LogP contribution in [0.25, 0.3) is 0 Å². The number of aryl methyl sites for hydroxylation is 1. The minimum absolute atomic E-state index is 0.0342. The lowest BCUT2D eigenvalue weighted by Crippen LogP contribution is -2.50.